The van der Waals surface area contributed by atoms with E-state index in [4.69, 9.17) is 12.2 Å². The molecule has 0 fully saturated rings. The third-order valence-corrected chi connectivity index (χ3v) is 2.84. The number of hydrogen-bond acceptors (Lipinski definition) is 2. The molecule has 3 nitrogen and oxygen atoms in total. The molecule has 0 aliphatic heterocycles. The van der Waals surface area contributed by atoms with E-state index in [1.54, 1.807) is 11.9 Å². The summed E-state index contributed by atoms with van der Waals surface area (Å²) < 4.78 is 0. The van der Waals surface area contributed by atoms with Crippen molar-refractivity contribution in [1.82, 2.24) is 4.90 Å². The molecular formula is C12H22N2O. The first-order chi connectivity index (χ1) is 6.71. The number of nitrogens with zero attached hydrogens (tertiary/aromatic N) is 1. The van der Waals surface area contributed by atoms with Crippen molar-refractivity contribution < 1.29 is 4.79 Å². The Morgan fingerprint density at radius 3 is 2.33 bits per heavy atom. The number of carbonyl (C=O) groups excluding carboxylic acids is 1. The molecular weight excluding hydrogens is 188 g/mol. The first kappa shape index (κ1) is 14.0. The quantitative estimate of drug-likeness (QED) is 0.712. The first-order valence-electron chi connectivity index (χ1n) is 5.17. The van der Waals surface area contributed by atoms with Crippen molar-refractivity contribution in [2.45, 2.75) is 46.2 Å². The van der Waals surface area contributed by atoms with Gasteiger partial charge in [0.25, 0.3) is 0 Å². The van der Waals surface area contributed by atoms with E-state index in [1.807, 2.05) is 6.92 Å². The summed E-state index contributed by atoms with van der Waals surface area (Å²) in [7, 11) is 1.77. The van der Waals surface area contributed by atoms with Gasteiger partial charge in [0.15, 0.2) is 0 Å². The van der Waals surface area contributed by atoms with Crippen LogP contribution >= 0.6 is 0 Å². The van der Waals surface area contributed by atoms with Crippen LogP contribution in [-0.4, -0.2) is 29.9 Å². The molecule has 0 aromatic rings. The smallest absolute Gasteiger partial charge is 0.240 e. The molecule has 0 aromatic heterocycles. The standard InChI is InChI=1S/C12H22N2O/c1-7-8-10(13)11(15)14(6)9(2)12(3,4)5/h1,9-10H,8,13H2,2-6H3. The highest BCUT2D eigenvalue weighted by molar-refractivity contribution is 5.82. The van der Waals surface area contributed by atoms with Crippen molar-refractivity contribution in [3.05, 3.63) is 0 Å². The van der Waals surface area contributed by atoms with Crippen LogP contribution in [0.3, 0.4) is 0 Å². The Morgan fingerprint density at radius 1 is 1.53 bits per heavy atom. The summed E-state index contributed by atoms with van der Waals surface area (Å²) in [6, 6.07) is -0.446. The molecule has 0 saturated carbocycles. The van der Waals surface area contributed by atoms with Crippen LogP contribution < -0.4 is 5.73 Å². The van der Waals surface area contributed by atoms with Crippen LogP contribution in [0, 0.1) is 17.8 Å². The average Bonchev–Trinajstić information content (AvgIpc) is 2.13. The van der Waals surface area contributed by atoms with E-state index in [0.717, 1.165) is 0 Å². The number of rotatable bonds is 3. The maximum Gasteiger partial charge on any atom is 0.240 e. The van der Waals surface area contributed by atoms with Gasteiger partial charge in [0.1, 0.15) is 0 Å². The Labute approximate surface area is 93.0 Å². The lowest BCUT2D eigenvalue weighted by Crippen LogP contribution is -2.49. The Bertz CT molecular complexity index is 260. The van der Waals surface area contributed by atoms with E-state index in [2.05, 4.69) is 26.7 Å². The molecule has 0 aliphatic carbocycles. The lowest BCUT2D eigenvalue weighted by Gasteiger charge is -2.36. The van der Waals surface area contributed by atoms with Gasteiger partial charge in [-0.2, -0.15) is 0 Å². The summed E-state index contributed by atoms with van der Waals surface area (Å²) in [6.45, 7) is 8.29. The molecule has 2 N–H and O–H groups in total. The van der Waals surface area contributed by atoms with Gasteiger partial charge in [-0.05, 0) is 12.3 Å². The fourth-order valence-corrected chi connectivity index (χ4v) is 1.25. The Hall–Kier alpha value is -1.01. The minimum atomic E-state index is -0.579. The molecule has 86 valence electrons. The normalized spacial score (nSPS) is 15.3. The molecule has 0 rings (SSSR count). The summed E-state index contributed by atoms with van der Waals surface area (Å²) in [6.07, 6.45) is 5.42. The van der Waals surface area contributed by atoms with Gasteiger partial charge in [-0.25, -0.2) is 0 Å². The maximum atomic E-state index is 11.8. The van der Waals surface area contributed by atoms with Crippen LogP contribution in [0.25, 0.3) is 0 Å². The largest absolute Gasteiger partial charge is 0.341 e. The van der Waals surface area contributed by atoms with Crippen molar-refractivity contribution in [2.75, 3.05) is 7.05 Å². The minimum Gasteiger partial charge on any atom is -0.341 e. The van der Waals surface area contributed by atoms with Crippen molar-refractivity contribution in [3.63, 3.8) is 0 Å². The van der Waals surface area contributed by atoms with Gasteiger partial charge in [-0.15, -0.1) is 12.3 Å². The van der Waals surface area contributed by atoms with E-state index in [1.165, 1.54) is 0 Å². The first-order valence-corrected chi connectivity index (χ1v) is 5.17. The van der Waals surface area contributed by atoms with Gasteiger partial charge in [0.05, 0.1) is 6.04 Å². The van der Waals surface area contributed by atoms with Crippen LogP contribution in [0.4, 0.5) is 0 Å². The second-order valence-electron chi connectivity index (χ2n) is 5.01. The van der Waals surface area contributed by atoms with Crippen LogP contribution in [0.1, 0.15) is 34.1 Å². The van der Waals surface area contributed by atoms with Gasteiger partial charge in [0.2, 0.25) is 5.91 Å². The van der Waals surface area contributed by atoms with Crippen molar-refractivity contribution in [3.8, 4) is 12.3 Å². The zero-order valence-electron chi connectivity index (χ0n) is 10.4. The Kier molecular flexibility index (Phi) is 4.83. The van der Waals surface area contributed by atoms with E-state index in [-0.39, 0.29) is 17.4 Å². The number of hydrogen-bond donors (Lipinski definition) is 1. The molecule has 2 unspecified atom stereocenters. The highest BCUT2D eigenvalue weighted by Gasteiger charge is 2.29. The van der Waals surface area contributed by atoms with Gasteiger partial charge in [-0.3, -0.25) is 4.79 Å². The highest BCUT2D eigenvalue weighted by Crippen LogP contribution is 2.23. The molecule has 0 bridgehead atoms. The van der Waals surface area contributed by atoms with E-state index >= 15 is 0 Å². The fourth-order valence-electron chi connectivity index (χ4n) is 1.25. The summed E-state index contributed by atoms with van der Waals surface area (Å²) >= 11 is 0. The predicted octanol–water partition coefficient (Wildman–Crippen LogP) is 1.23. The number of carbonyl (C=O) groups is 1. The Balaban J connectivity index is 4.53. The van der Waals surface area contributed by atoms with Crippen molar-refractivity contribution in [1.29, 1.82) is 0 Å². The zero-order chi connectivity index (χ0) is 12.2. The van der Waals surface area contributed by atoms with Gasteiger partial charge < -0.3 is 10.6 Å². The van der Waals surface area contributed by atoms with E-state index < -0.39 is 6.04 Å². The average molecular weight is 210 g/mol. The lowest BCUT2D eigenvalue weighted by molar-refractivity contribution is -0.134. The number of amides is 1. The summed E-state index contributed by atoms with van der Waals surface area (Å²) in [5.74, 6) is 2.32. The third-order valence-electron chi connectivity index (χ3n) is 2.84. The van der Waals surface area contributed by atoms with Gasteiger partial charge in [0, 0.05) is 19.5 Å². The molecule has 1 amide bonds. The second kappa shape index (κ2) is 5.18. The molecule has 3 heteroatoms. The maximum absolute atomic E-state index is 11.8. The SMILES string of the molecule is C#CCC(N)C(=O)N(C)C(C)C(C)(C)C. The molecule has 15 heavy (non-hydrogen) atoms. The number of terminal acetylenes is 1. The molecule has 0 aliphatic rings. The summed E-state index contributed by atoms with van der Waals surface area (Å²) in [5, 5.41) is 0. The molecule has 0 spiro atoms. The van der Waals surface area contributed by atoms with Gasteiger partial charge >= 0.3 is 0 Å². The summed E-state index contributed by atoms with van der Waals surface area (Å²) in [4.78, 5) is 13.5. The monoisotopic (exact) mass is 210 g/mol. The number of nitrogens with two attached hydrogens (primary N) is 1. The highest BCUT2D eigenvalue weighted by atomic mass is 16.2. The van der Waals surface area contributed by atoms with Crippen LogP contribution in [0.5, 0.6) is 0 Å². The minimum absolute atomic E-state index is 0.0419. The predicted molar refractivity (Wildman–Crippen MR) is 63.1 cm³/mol. The van der Waals surface area contributed by atoms with E-state index in [9.17, 15) is 4.79 Å². The molecule has 0 heterocycles. The third kappa shape index (κ3) is 3.93. The van der Waals surface area contributed by atoms with E-state index in [0.29, 0.717) is 6.42 Å². The summed E-state index contributed by atoms with van der Waals surface area (Å²) in [5.41, 5.74) is 5.72. The molecule has 0 saturated heterocycles. The topological polar surface area (TPSA) is 46.3 Å². The molecule has 2 atom stereocenters. The van der Waals surface area contributed by atoms with Crippen molar-refractivity contribution >= 4 is 5.91 Å². The van der Waals surface area contributed by atoms with Crippen LogP contribution in [0.15, 0.2) is 0 Å². The number of likely N-dealkylation sites (N-methyl/N-ethyl adjacent to an activating group) is 1. The lowest BCUT2D eigenvalue weighted by atomic mass is 9.87. The van der Waals surface area contributed by atoms with Crippen molar-refractivity contribution in [2.24, 2.45) is 11.1 Å². The molecule has 0 radical (unpaired) electrons. The fraction of sp³-hybridized carbons (Fsp3) is 0.750. The van der Waals surface area contributed by atoms with Crippen LogP contribution in [0.2, 0.25) is 0 Å². The van der Waals surface area contributed by atoms with Crippen LogP contribution in [-0.2, 0) is 4.79 Å². The second-order valence-corrected chi connectivity index (χ2v) is 5.01. The Morgan fingerprint density at radius 2 is 2.00 bits per heavy atom. The van der Waals surface area contributed by atoms with Gasteiger partial charge in [-0.1, -0.05) is 20.8 Å². The zero-order valence-corrected chi connectivity index (χ0v) is 10.4. The molecule has 0 aromatic carbocycles.